The molecule has 0 radical (unpaired) electrons. The molecule has 7 heteroatoms. The predicted molar refractivity (Wildman–Crippen MR) is 258 cm³/mol. The Kier molecular flexibility index (Phi) is 44.1. The summed E-state index contributed by atoms with van der Waals surface area (Å²) in [5, 5.41) is 13.3. The smallest absolute Gasteiger partial charge is 0.267 e. The second-order valence-electron chi connectivity index (χ2n) is 17.1. The Balaban J connectivity index is 3.82. The molecule has 3 N–H and O–H groups in total. The number of unbranched alkanes of at least 4 members (excludes halogenated alkanes) is 29. The highest BCUT2D eigenvalue weighted by atomic mass is 32.2. The first kappa shape index (κ1) is 57.0. The molecule has 2 atom stereocenters. The van der Waals surface area contributed by atoms with Gasteiger partial charge in [0.25, 0.3) is 10.1 Å². The number of allylic oxidation sites excluding steroid dienone is 9. The van der Waals surface area contributed by atoms with E-state index >= 15 is 0 Å². The van der Waals surface area contributed by atoms with Crippen LogP contribution >= 0.6 is 0 Å². The van der Waals surface area contributed by atoms with Crippen molar-refractivity contribution in [1.82, 2.24) is 5.32 Å². The van der Waals surface area contributed by atoms with Crippen molar-refractivity contribution in [3.05, 3.63) is 60.8 Å². The molecule has 0 saturated carbocycles. The van der Waals surface area contributed by atoms with E-state index in [1.165, 1.54) is 148 Å². The van der Waals surface area contributed by atoms with Gasteiger partial charge in [-0.2, -0.15) is 8.42 Å². The zero-order valence-corrected chi connectivity index (χ0v) is 39.4. The third kappa shape index (κ3) is 47.0. The highest BCUT2D eigenvalue weighted by molar-refractivity contribution is 7.85. The van der Waals surface area contributed by atoms with E-state index < -0.39 is 28.0 Å². The van der Waals surface area contributed by atoms with Crippen LogP contribution in [0.4, 0.5) is 0 Å². The van der Waals surface area contributed by atoms with Gasteiger partial charge in [-0.25, -0.2) is 0 Å². The van der Waals surface area contributed by atoms with Crippen LogP contribution in [-0.2, 0) is 14.9 Å². The van der Waals surface area contributed by atoms with Crippen molar-refractivity contribution < 1.29 is 22.9 Å². The van der Waals surface area contributed by atoms with Gasteiger partial charge in [0.05, 0.1) is 17.9 Å². The standard InChI is InChI=1S/C52H95NO5S/c1-3-5-7-9-11-13-15-17-19-21-23-25-26-28-30-32-34-36-38-40-42-44-46-48-52(55)53-50(49-59(56,57)58)51(54)47-45-43-41-39-37-35-33-31-29-27-24-22-20-18-16-14-12-10-8-6-4-2/h5,7,11,13,17,19,23,25,45,47,50-51,54H,3-4,6,8-10,12,14-16,18,20-22,24,26-44,46,48-49H2,1-2H3,(H,53,55)(H,56,57,58)/b7-5-,13-11-,19-17-,25-23-,47-45+. The molecule has 0 bridgehead atoms. The first-order valence-corrected chi connectivity index (χ1v) is 26.6. The first-order valence-electron chi connectivity index (χ1n) is 25.0. The molecule has 2 unspecified atom stereocenters. The minimum Gasteiger partial charge on any atom is -0.387 e. The van der Waals surface area contributed by atoms with Crippen LogP contribution in [0.1, 0.15) is 245 Å². The molecule has 0 aliphatic carbocycles. The van der Waals surface area contributed by atoms with E-state index in [0.29, 0.717) is 0 Å². The summed E-state index contributed by atoms with van der Waals surface area (Å²) in [6, 6.07) is -1.06. The maximum atomic E-state index is 12.6. The molecular formula is C52H95NO5S. The Morgan fingerprint density at radius 1 is 0.475 bits per heavy atom. The van der Waals surface area contributed by atoms with Crippen LogP contribution in [0.25, 0.3) is 0 Å². The molecule has 0 fully saturated rings. The van der Waals surface area contributed by atoms with Crippen LogP contribution in [0, 0.1) is 0 Å². The van der Waals surface area contributed by atoms with Crippen molar-refractivity contribution in [2.24, 2.45) is 0 Å². The molecule has 0 heterocycles. The summed E-state index contributed by atoms with van der Waals surface area (Å²) < 4.78 is 32.7. The molecule has 0 aromatic heterocycles. The van der Waals surface area contributed by atoms with Gasteiger partial charge in [-0.1, -0.05) is 242 Å². The number of hydrogen-bond donors (Lipinski definition) is 3. The van der Waals surface area contributed by atoms with Crippen molar-refractivity contribution in [3.63, 3.8) is 0 Å². The highest BCUT2D eigenvalue weighted by Gasteiger charge is 2.24. The van der Waals surface area contributed by atoms with Gasteiger partial charge >= 0.3 is 0 Å². The summed E-state index contributed by atoms with van der Waals surface area (Å²) in [6.07, 6.45) is 63.6. The summed E-state index contributed by atoms with van der Waals surface area (Å²) >= 11 is 0. The SMILES string of the molecule is CC/C=C\C/C=C\C/C=C\C/C=C\CCCCCCCCCCCCC(=O)NC(CS(=O)(=O)O)C(O)/C=C/CCCCCCCCCCCCCCCCCCCCC. The van der Waals surface area contributed by atoms with Crippen molar-refractivity contribution in [1.29, 1.82) is 0 Å². The zero-order valence-electron chi connectivity index (χ0n) is 38.6. The van der Waals surface area contributed by atoms with E-state index in [9.17, 15) is 22.9 Å². The highest BCUT2D eigenvalue weighted by Crippen LogP contribution is 2.16. The lowest BCUT2D eigenvalue weighted by molar-refractivity contribution is -0.122. The van der Waals surface area contributed by atoms with Crippen LogP contribution in [0.3, 0.4) is 0 Å². The maximum absolute atomic E-state index is 12.6. The van der Waals surface area contributed by atoms with E-state index in [-0.39, 0.29) is 12.3 Å². The monoisotopic (exact) mass is 846 g/mol. The number of aliphatic hydroxyl groups is 1. The van der Waals surface area contributed by atoms with Crippen molar-refractivity contribution in [3.8, 4) is 0 Å². The number of rotatable bonds is 45. The van der Waals surface area contributed by atoms with Gasteiger partial charge in [-0.05, 0) is 57.8 Å². The second kappa shape index (κ2) is 45.6. The summed E-state index contributed by atoms with van der Waals surface area (Å²) in [5.41, 5.74) is 0. The van der Waals surface area contributed by atoms with Gasteiger partial charge in [0, 0.05) is 6.42 Å². The largest absolute Gasteiger partial charge is 0.387 e. The quantitative estimate of drug-likeness (QED) is 0.0322. The molecule has 0 rings (SSSR count). The van der Waals surface area contributed by atoms with Gasteiger partial charge in [0.2, 0.25) is 5.91 Å². The van der Waals surface area contributed by atoms with Gasteiger partial charge in [-0.3, -0.25) is 9.35 Å². The van der Waals surface area contributed by atoms with Gasteiger partial charge in [-0.15, -0.1) is 0 Å². The fourth-order valence-corrected chi connectivity index (χ4v) is 8.24. The fourth-order valence-electron chi connectivity index (χ4n) is 7.50. The summed E-state index contributed by atoms with van der Waals surface area (Å²) in [6.45, 7) is 4.44. The minimum atomic E-state index is -4.35. The predicted octanol–water partition coefficient (Wildman–Crippen LogP) is 15.6. The third-order valence-corrected chi connectivity index (χ3v) is 12.0. The average molecular weight is 846 g/mol. The minimum absolute atomic E-state index is 0.282. The second-order valence-corrected chi connectivity index (χ2v) is 18.6. The van der Waals surface area contributed by atoms with Gasteiger partial charge < -0.3 is 10.4 Å². The van der Waals surface area contributed by atoms with E-state index in [1.54, 1.807) is 6.08 Å². The number of amides is 1. The van der Waals surface area contributed by atoms with E-state index in [0.717, 1.165) is 77.0 Å². The van der Waals surface area contributed by atoms with Crippen LogP contribution in [0.2, 0.25) is 0 Å². The lowest BCUT2D eigenvalue weighted by Gasteiger charge is -2.21. The Hall–Kier alpha value is -1.96. The van der Waals surface area contributed by atoms with Crippen LogP contribution in [0.5, 0.6) is 0 Å². The van der Waals surface area contributed by atoms with Crippen LogP contribution in [-0.4, -0.2) is 41.9 Å². The number of aliphatic hydroxyl groups excluding tert-OH is 1. The lowest BCUT2D eigenvalue weighted by Crippen LogP contribution is -2.46. The van der Waals surface area contributed by atoms with E-state index in [1.807, 2.05) is 6.08 Å². The molecule has 0 spiro atoms. The lowest BCUT2D eigenvalue weighted by atomic mass is 10.0. The summed E-state index contributed by atoms with van der Waals surface area (Å²) in [4.78, 5) is 12.6. The molecule has 0 aromatic rings. The molecule has 344 valence electrons. The van der Waals surface area contributed by atoms with Crippen LogP contribution in [0.15, 0.2) is 60.8 Å². The molecule has 0 aromatic carbocycles. The fraction of sp³-hybridized carbons (Fsp3) is 0.788. The van der Waals surface area contributed by atoms with Crippen molar-refractivity contribution >= 4 is 16.0 Å². The topological polar surface area (TPSA) is 104 Å². The van der Waals surface area contributed by atoms with E-state index in [2.05, 4.69) is 67.8 Å². The number of hydrogen-bond acceptors (Lipinski definition) is 4. The normalized spacial score (nSPS) is 13.6. The van der Waals surface area contributed by atoms with Crippen molar-refractivity contribution in [2.75, 3.05) is 5.75 Å². The molecule has 0 aliphatic heterocycles. The Labute approximate surface area is 366 Å². The molecule has 6 nitrogen and oxygen atoms in total. The Morgan fingerprint density at radius 2 is 0.814 bits per heavy atom. The van der Waals surface area contributed by atoms with E-state index in [4.69, 9.17) is 0 Å². The van der Waals surface area contributed by atoms with Crippen LogP contribution < -0.4 is 5.32 Å². The first-order chi connectivity index (χ1) is 28.8. The van der Waals surface area contributed by atoms with Gasteiger partial charge in [0.1, 0.15) is 0 Å². The summed E-state index contributed by atoms with van der Waals surface area (Å²) in [5.74, 6) is -0.983. The Morgan fingerprint density at radius 3 is 1.20 bits per heavy atom. The number of carbonyl (C=O) groups excluding carboxylic acids is 1. The summed E-state index contributed by atoms with van der Waals surface area (Å²) in [7, 11) is -4.35. The maximum Gasteiger partial charge on any atom is 0.267 e. The number of carbonyl (C=O) groups is 1. The third-order valence-electron chi connectivity index (χ3n) is 11.2. The zero-order chi connectivity index (χ0) is 43.2. The number of nitrogens with one attached hydrogen (secondary N) is 1. The molecule has 59 heavy (non-hydrogen) atoms. The van der Waals surface area contributed by atoms with Gasteiger partial charge in [0.15, 0.2) is 0 Å². The average Bonchev–Trinajstić information content (AvgIpc) is 3.20. The molecular weight excluding hydrogens is 751 g/mol. The van der Waals surface area contributed by atoms with Crippen molar-refractivity contribution in [2.45, 2.75) is 257 Å². The molecule has 1 amide bonds. The molecule has 0 saturated heterocycles. The molecule has 0 aliphatic rings. The Bertz CT molecular complexity index is 1160.